The Balaban J connectivity index is 2.10. The molecule has 0 aliphatic heterocycles. The Hall–Kier alpha value is -3.35. The van der Waals surface area contributed by atoms with Crippen LogP contribution in [0.15, 0.2) is 48.5 Å². The highest BCUT2D eigenvalue weighted by molar-refractivity contribution is 5.95. The molecule has 22 heavy (non-hydrogen) atoms. The summed E-state index contributed by atoms with van der Waals surface area (Å²) >= 11 is 0. The fourth-order valence-electron chi connectivity index (χ4n) is 1.72. The third-order valence-corrected chi connectivity index (χ3v) is 2.73. The molecule has 0 bridgehead atoms. The predicted molar refractivity (Wildman–Crippen MR) is 81.9 cm³/mol. The van der Waals surface area contributed by atoms with Crippen molar-refractivity contribution in [1.29, 1.82) is 5.41 Å². The molecule has 0 radical (unpaired) electrons. The second kappa shape index (κ2) is 6.40. The first-order chi connectivity index (χ1) is 10.5. The number of anilines is 1. The Morgan fingerprint density at radius 1 is 1.00 bits per heavy atom. The van der Waals surface area contributed by atoms with Crippen LogP contribution < -0.4 is 21.5 Å². The lowest BCUT2D eigenvalue weighted by Crippen LogP contribution is -2.20. The molecule has 2 aromatic rings. The Morgan fingerprint density at radius 3 is 2.27 bits per heavy atom. The van der Waals surface area contributed by atoms with Gasteiger partial charge in [-0.25, -0.2) is 4.79 Å². The van der Waals surface area contributed by atoms with Gasteiger partial charge in [0.2, 0.25) is 5.91 Å². The van der Waals surface area contributed by atoms with Crippen molar-refractivity contribution >= 4 is 23.5 Å². The number of esters is 1. The highest BCUT2D eigenvalue weighted by Gasteiger charge is 2.10. The van der Waals surface area contributed by atoms with E-state index in [1.165, 1.54) is 24.3 Å². The third-order valence-electron chi connectivity index (χ3n) is 2.73. The molecule has 7 nitrogen and oxygen atoms in total. The van der Waals surface area contributed by atoms with E-state index in [2.05, 4.69) is 5.32 Å². The van der Waals surface area contributed by atoms with Gasteiger partial charge < -0.3 is 21.5 Å². The van der Waals surface area contributed by atoms with Gasteiger partial charge in [0, 0.05) is 11.3 Å². The zero-order valence-corrected chi connectivity index (χ0v) is 11.5. The van der Waals surface area contributed by atoms with Crippen LogP contribution in [0.1, 0.15) is 20.7 Å². The monoisotopic (exact) mass is 298 g/mol. The van der Waals surface area contributed by atoms with Crippen LogP contribution in [0.25, 0.3) is 0 Å². The molecule has 0 aliphatic rings. The zero-order valence-electron chi connectivity index (χ0n) is 11.5. The maximum Gasteiger partial charge on any atom is 0.343 e. The molecular formula is C15H14N4O3. The molecule has 0 aliphatic carbocycles. The first kappa shape index (κ1) is 15.0. The third kappa shape index (κ3) is 3.83. The molecule has 2 rings (SSSR count). The van der Waals surface area contributed by atoms with Crippen molar-refractivity contribution in [3.63, 3.8) is 0 Å². The molecule has 7 heteroatoms. The minimum atomic E-state index is -0.599. The number of carbonyl (C=O) groups excluding carboxylic acids is 2. The van der Waals surface area contributed by atoms with Crippen LogP contribution >= 0.6 is 0 Å². The minimum Gasteiger partial charge on any atom is -0.423 e. The van der Waals surface area contributed by atoms with E-state index in [1.54, 1.807) is 24.3 Å². The Labute approximate surface area is 126 Å². The maximum absolute atomic E-state index is 12.0. The number of rotatable bonds is 4. The molecule has 112 valence electrons. The molecule has 2 aromatic carbocycles. The van der Waals surface area contributed by atoms with E-state index in [4.69, 9.17) is 21.6 Å². The fourth-order valence-corrected chi connectivity index (χ4v) is 1.72. The number of nitrogens with one attached hydrogen (secondary N) is 2. The van der Waals surface area contributed by atoms with Crippen molar-refractivity contribution in [2.24, 2.45) is 11.5 Å². The molecular weight excluding hydrogens is 284 g/mol. The average Bonchev–Trinajstić information content (AvgIpc) is 2.47. The molecule has 0 atom stereocenters. The van der Waals surface area contributed by atoms with E-state index in [0.717, 1.165) is 0 Å². The smallest absolute Gasteiger partial charge is 0.343 e. The van der Waals surface area contributed by atoms with E-state index < -0.39 is 11.9 Å². The summed E-state index contributed by atoms with van der Waals surface area (Å²) < 4.78 is 5.18. The Bertz CT molecular complexity index is 726. The summed E-state index contributed by atoms with van der Waals surface area (Å²) in [5, 5.41) is 9.71. The van der Waals surface area contributed by atoms with Gasteiger partial charge in [0.15, 0.2) is 5.96 Å². The molecule has 0 heterocycles. The van der Waals surface area contributed by atoms with Crippen LogP contribution in [-0.2, 0) is 0 Å². The first-order valence-corrected chi connectivity index (χ1v) is 6.29. The molecule has 0 unspecified atom stereocenters. The number of hydrogen-bond donors (Lipinski definition) is 4. The van der Waals surface area contributed by atoms with Crippen LogP contribution in [0.5, 0.6) is 5.75 Å². The number of carbonyl (C=O) groups is 2. The van der Waals surface area contributed by atoms with Crippen LogP contribution in [-0.4, -0.2) is 17.8 Å². The number of nitrogens with two attached hydrogens (primary N) is 2. The van der Waals surface area contributed by atoms with Gasteiger partial charge in [0.25, 0.3) is 0 Å². The van der Waals surface area contributed by atoms with Gasteiger partial charge in [-0.2, -0.15) is 0 Å². The van der Waals surface area contributed by atoms with Crippen LogP contribution in [0.4, 0.5) is 5.69 Å². The van der Waals surface area contributed by atoms with Gasteiger partial charge in [-0.05, 0) is 42.5 Å². The molecule has 0 aromatic heterocycles. The highest BCUT2D eigenvalue weighted by atomic mass is 16.5. The van der Waals surface area contributed by atoms with Crippen molar-refractivity contribution in [2.45, 2.75) is 0 Å². The first-order valence-electron chi connectivity index (χ1n) is 6.29. The van der Waals surface area contributed by atoms with Crippen molar-refractivity contribution in [2.75, 3.05) is 5.32 Å². The topological polar surface area (TPSA) is 131 Å². The average molecular weight is 298 g/mol. The van der Waals surface area contributed by atoms with E-state index in [-0.39, 0.29) is 17.3 Å². The summed E-state index contributed by atoms with van der Waals surface area (Å²) in [6.07, 6.45) is 0. The number of ether oxygens (including phenoxy) is 1. The van der Waals surface area contributed by atoms with Gasteiger partial charge in [0.1, 0.15) is 5.75 Å². The second-order valence-electron chi connectivity index (χ2n) is 4.40. The normalized spacial score (nSPS) is 9.82. The van der Waals surface area contributed by atoms with Crippen LogP contribution in [0, 0.1) is 5.41 Å². The largest absolute Gasteiger partial charge is 0.423 e. The predicted octanol–water partition coefficient (Wildman–Crippen LogP) is 1.31. The van der Waals surface area contributed by atoms with Crippen LogP contribution in [0.3, 0.4) is 0 Å². The van der Waals surface area contributed by atoms with Crippen molar-refractivity contribution in [3.8, 4) is 5.75 Å². The fraction of sp³-hybridized carbons (Fsp3) is 0. The highest BCUT2D eigenvalue weighted by Crippen LogP contribution is 2.16. The SMILES string of the molecule is N=C(N)Nc1ccc(C(=O)Oc2cccc(C(N)=O)c2)cc1. The van der Waals surface area contributed by atoms with E-state index in [1.807, 2.05) is 0 Å². The number of hydrogen-bond acceptors (Lipinski definition) is 4. The van der Waals surface area contributed by atoms with Gasteiger partial charge in [0.05, 0.1) is 5.56 Å². The molecule has 0 saturated carbocycles. The maximum atomic E-state index is 12.0. The zero-order chi connectivity index (χ0) is 16.1. The summed E-state index contributed by atoms with van der Waals surface area (Å²) in [7, 11) is 0. The van der Waals surface area contributed by atoms with Gasteiger partial charge >= 0.3 is 5.97 Å². The van der Waals surface area contributed by atoms with Gasteiger partial charge in [-0.1, -0.05) is 6.07 Å². The lowest BCUT2D eigenvalue weighted by molar-refractivity contribution is 0.0733. The van der Waals surface area contributed by atoms with E-state index >= 15 is 0 Å². The standard InChI is InChI=1S/C15H14N4O3/c16-13(20)10-2-1-3-12(8-10)22-14(21)9-4-6-11(7-5-9)19-15(17)18/h1-8H,(H2,16,20)(H4,17,18,19). The summed E-state index contributed by atoms with van der Waals surface area (Å²) in [4.78, 5) is 23.1. The quantitative estimate of drug-likeness (QED) is 0.292. The summed E-state index contributed by atoms with van der Waals surface area (Å²) in [6, 6.07) is 12.3. The van der Waals surface area contributed by atoms with E-state index in [0.29, 0.717) is 11.3 Å². The Kier molecular flexibility index (Phi) is 4.38. The summed E-state index contributed by atoms with van der Waals surface area (Å²) in [5.41, 5.74) is 11.5. The van der Waals surface area contributed by atoms with Crippen molar-refractivity contribution in [1.82, 2.24) is 0 Å². The van der Waals surface area contributed by atoms with E-state index in [9.17, 15) is 9.59 Å². The summed E-state index contributed by atoms with van der Waals surface area (Å²) in [5.74, 6) is -1.14. The second-order valence-corrected chi connectivity index (χ2v) is 4.40. The van der Waals surface area contributed by atoms with Crippen molar-refractivity contribution in [3.05, 3.63) is 59.7 Å². The lowest BCUT2D eigenvalue weighted by Gasteiger charge is -2.07. The molecule has 1 amide bonds. The molecule has 0 saturated heterocycles. The Morgan fingerprint density at radius 2 is 1.68 bits per heavy atom. The number of benzene rings is 2. The summed E-state index contributed by atoms with van der Waals surface area (Å²) in [6.45, 7) is 0. The molecule has 0 fully saturated rings. The number of guanidine groups is 1. The molecule has 0 spiro atoms. The lowest BCUT2D eigenvalue weighted by atomic mass is 10.2. The van der Waals surface area contributed by atoms with Crippen LogP contribution in [0.2, 0.25) is 0 Å². The molecule has 6 N–H and O–H groups in total. The van der Waals surface area contributed by atoms with Gasteiger partial charge in [-0.3, -0.25) is 10.2 Å². The van der Waals surface area contributed by atoms with Crippen molar-refractivity contribution < 1.29 is 14.3 Å². The van der Waals surface area contributed by atoms with Gasteiger partial charge in [-0.15, -0.1) is 0 Å². The minimum absolute atomic E-state index is 0.196. The number of amides is 1. The number of primary amides is 1.